The van der Waals surface area contributed by atoms with E-state index < -0.39 is 23.6 Å². The molecule has 0 amide bonds. The van der Waals surface area contributed by atoms with Crippen molar-refractivity contribution in [3.05, 3.63) is 59.7 Å². The molecule has 0 aliphatic carbocycles. The summed E-state index contributed by atoms with van der Waals surface area (Å²) in [6, 6.07) is 12.6. The number of carbonyl (C=O) groups excluding carboxylic acids is 1. The van der Waals surface area contributed by atoms with Crippen LogP contribution in [0, 0.1) is 0 Å². The maximum atomic E-state index is 11.1. The first-order valence-corrected chi connectivity index (χ1v) is 8.67. The van der Waals surface area contributed by atoms with Gasteiger partial charge < -0.3 is 31.5 Å². The molecular weight excluding hydrogens is 364 g/mol. The van der Waals surface area contributed by atoms with Crippen molar-refractivity contribution < 1.29 is 29.6 Å². The van der Waals surface area contributed by atoms with E-state index in [4.69, 9.17) is 16.6 Å². The first-order valence-electron chi connectivity index (χ1n) is 8.67. The van der Waals surface area contributed by atoms with Crippen LogP contribution < -0.4 is 11.5 Å². The van der Waals surface area contributed by atoms with Gasteiger partial charge in [0.05, 0.1) is 6.61 Å². The second-order valence-corrected chi connectivity index (χ2v) is 5.96. The molecule has 0 saturated carbocycles. The summed E-state index contributed by atoms with van der Waals surface area (Å²) in [5, 5.41) is 28.2. The molecule has 152 valence electrons. The number of aliphatic hydroxyl groups is 2. The van der Waals surface area contributed by atoms with Crippen molar-refractivity contribution in [3.8, 4) is 0 Å². The minimum atomic E-state index is -1.81. The Morgan fingerprint density at radius 1 is 1.00 bits per heavy atom. The van der Waals surface area contributed by atoms with E-state index in [1.807, 2.05) is 0 Å². The molecule has 0 spiro atoms. The average molecular weight is 390 g/mol. The van der Waals surface area contributed by atoms with E-state index >= 15 is 0 Å². The second-order valence-electron chi connectivity index (χ2n) is 5.96. The number of hydrogen-bond acceptors (Lipinski definition) is 7. The summed E-state index contributed by atoms with van der Waals surface area (Å²) in [5.41, 5.74) is 11.1. The first kappa shape index (κ1) is 22.9. The summed E-state index contributed by atoms with van der Waals surface area (Å²) in [6.45, 7) is 3.56. The van der Waals surface area contributed by atoms with Crippen molar-refractivity contribution in [2.45, 2.75) is 32.0 Å². The highest BCUT2D eigenvalue weighted by Crippen LogP contribution is 2.25. The highest BCUT2D eigenvalue weighted by Gasteiger charge is 2.35. The summed E-state index contributed by atoms with van der Waals surface area (Å²) in [6.07, 6.45) is -1.11. The van der Waals surface area contributed by atoms with E-state index in [9.17, 15) is 19.8 Å². The van der Waals surface area contributed by atoms with Crippen LogP contribution in [0.5, 0.6) is 0 Å². The molecule has 0 radical (unpaired) electrons. The number of nitrogen functional groups attached to an aromatic ring is 2. The fourth-order valence-electron chi connectivity index (χ4n) is 2.27. The van der Waals surface area contributed by atoms with Crippen molar-refractivity contribution in [2.75, 3.05) is 18.1 Å². The summed E-state index contributed by atoms with van der Waals surface area (Å²) in [4.78, 5) is 22.0. The van der Waals surface area contributed by atoms with Gasteiger partial charge >= 0.3 is 11.9 Å². The fraction of sp³-hybridized carbons (Fsp3) is 0.300. The summed E-state index contributed by atoms with van der Waals surface area (Å²) >= 11 is 0. The highest BCUT2D eigenvalue weighted by molar-refractivity contribution is 5.79. The molecule has 7 N–H and O–H groups in total. The molecule has 2 aromatic carbocycles. The molecule has 8 heteroatoms. The van der Waals surface area contributed by atoms with Crippen LogP contribution in [0.25, 0.3) is 0 Å². The van der Waals surface area contributed by atoms with Gasteiger partial charge in [0, 0.05) is 11.4 Å². The Bertz CT molecular complexity index is 774. The van der Waals surface area contributed by atoms with E-state index in [2.05, 4.69) is 4.74 Å². The van der Waals surface area contributed by atoms with E-state index in [0.717, 1.165) is 0 Å². The number of aliphatic carboxylic acids is 1. The number of esters is 1. The standard InChI is InChI=1S/2C10H13NO3/c1-2-10(14,9(12)13)7-3-5-8(11)6-4-7;1-2-14-10(13)9(12)7-3-5-8(11)6-4-7/h3-6,14H,2,11H2,1H3,(H,12,13);3-6,9,12H,2,11H2,1H3. The third kappa shape index (κ3) is 5.97. The molecule has 0 bridgehead atoms. The molecule has 0 heterocycles. The molecule has 0 aliphatic heterocycles. The van der Waals surface area contributed by atoms with E-state index in [1.165, 1.54) is 12.1 Å². The van der Waals surface area contributed by atoms with Crippen molar-refractivity contribution >= 4 is 23.3 Å². The van der Waals surface area contributed by atoms with Gasteiger partial charge in [-0.3, -0.25) is 0 Å². The summed E-state index contributed by atoms with van der Waals surface area (Å²) in [5.74, 6) is -1.89. The normalized spacial score (nSPS) is 13.4. The Morgan fingerprint density at radius 2 is 1.46 bits per heavy atom. The minimum Gasteiger partial charge on any atom is -0.479 e. The summed E-state index contributed by atoms with van der Waals surface area (Å²) < 4.78 is 4.67. The van der Waals surface area contributed by atoms with Crippen LogP contribution >= 0.6 is 0 Å². The molecule has 2 rings (SSSR count). The maximum absolute atomic E-state index is 11.1. The van der Waals surface area contributed by atoms with Gasteiger partial charge in [0.25, 0.3) is 0 Å². The largest absolute Gasteiger partial charge is 0.479 e. The van der Waals surface area contributed by atoms with Gasteiger partial charge in [-0.2, -0.15) is 0 Å². The van der Waals surface area contributed by atoms with E-state index in [-0.39, 0.29) is 13.0 Å². The summed E-state index contributed by atoms with van der Waals surface area (Å²) in [7, 11) is 0. The van der Waals surface area contributed by atoms with Crippen LogP contribution in [-0.4, -0.2) is 33.9 Å². The predicted molar refractivity (Wildman–Crippen MR) is 105 cm³/mol. The zero-order valence-corrected chi connectivity index (χ0v) is 15.8. The molecule has 2 aromatic rings. The van der Waals surface area contributed by atoms with Crippen molar-refractivity contribution in [3.63, 3.8) is 0 Å². The Morgan fingerprint density at radius 3 is 1.86 bits per heavy atom. The molecule has 0 saturated heterocycles. The number of aliphatic hydroxyl groups excluding tert-OH is 1. The lowest BCUT2D eigenvalue weighted by molar-refractivity contribution is -0.160. The van der Waals surface area contributed by atoms with E-state index in [0.29, 0.717) is 22.5 Å². The number of anilines is 2. The van der Waals surface area contributed by atoms with Gasteiger partial charge in [0.2, 0.25) is 0 Å². The van der Waals surface area contributed by atoms with Gasteiger partial charge in [0.15, 0.2) is 11.7 Å². The van der Waals surface area contributed by atoms with Gasteiger partial charge in [-0.15, -0.1) is 0 Å². The molecule has 28 heavy (non-hydrogen) atoms. The van der Waals surface area contributed by atoms with Crippen LogP contribution in [0.15, 0.2) is 48.5 Å². The molecule has 8 nitrogen and oxygen atoms in total. The number of carboxylic acids is 1. The van der Waals surface area contributed by atoms with Crippen LogP contribution in [-0.2, 0) is 19.9 Å². The van der Waals surface area contributed by atoms with Crippen molar-refractivity contribution in [2.24, 2.45) is 0 Å². The van der Waals surface area contributed by atoms with Gasteiger partial charge in [0.1, 0.15) is 0 Å². The number of carbonyl (C=O) groups is 2. The SMILES string of the molecule is CCC(O)(C(=O)O)c1ccc(N)cc1.CCOC(=O)C(O)c1ccc(N)cc1. The lowest BCUT2D eigenvalue weighted by Gasteiger charge is -2.21. The predicted octanol–water partition coefficient (Wildman–Crippen LogP) is 1.82. The zero-order chi connectivity index (χ0) is 21.3. The lowest BCUT2D eigenvalue weighted by atomic mass is 9.91. The van der Waals surface area contributed by atoms with Crippen molar-refractivity contribution in [1.82, 2.24) is 0 Å². The zero-order valence-electron chi connectivity index (χ0n) is 15.8. The number of benzene rings is 2. The Balaban J connectivity index is 0.000000280. The molecular formula is C20H26N2O6. The highest BCUT2D eigenvalue weighted by atomic mass is 16.5. The minimum absolute atomic E-state index is 0.117. The maximum Gasteiger partial charge on any atom is 0.340 e. The average Bonchev–Trinajstić information content (AvgIpc) is 2.68. The molecule has 2 unspecified atom stereocenters. The molecule has 0 fully saturated rings. The Kier molecular flexibility index (Phi) is 8.43. The van der Waals surface area contributed by atoms with Crippen molar-refractivity contribution in [1.29, 1.82) is 0 Å². The molecule has 0 aromatic heterocycles. The topological polar surface area (TPSA) is 156 Å². The van der Waals surface area contributed by atoms with Gasteiger partial charge in [-0.1, -0.05) is 31.2 Å². The Hall–Kier alpha value is -3.10. The second kappa shape index (κ2) is 10.3. The van der Waals surface area contributed by atoms with E-state index in [1.54, 1.807) is 50.2 Å². The monoisotopic (exact) mass is 390 g/mol. The smallest absolute Gasteiger partial charge is 0.340 e. The number of rotatable bonds is 6. The number of nitrogens with two attached hydrogens (primary N) is 2. The first-order chi connectivity index (χ1) is 13.2. The number of ether oxygens (including phenoxy) is 1. The van der Waals surface area contributed by atoms with Crippen LogP contribution in [0.2, 0.25) is 0 Å². The van der Waals surface area contributed by atoms with Crippen LogP contribution in [0.3, 0.4) is 0 Å². The molecule has 2 atom stereocenters. The fourth-order valence-corrected chi connectivity index (χ4v) is 2.27. The van der Waals surface area contributed by atoms with Crippen LogP contribution in [0.1, 0.15) is 37.5 Å². The number of carboxylic acid groups (broad SMARTS) is 1. The van der Waals surface area contributed by atoms with Gasteiger partial charge in [-0.05, 0) is 48.7 Å². The number of hydrogen-bond donors (Lipinski definition) is 5. The third-order valence-electron chi connectivity index (χ3n) is 4.02. The Labute approximate surface area is 163 Å². The third-order valence-corrected chi connectivity index (χ3v) is 4.02. The molecule has 0 aliphatic rings. The van der Waals surface area contributed by atoms with Gasteiger partial charge in [-0.25, -0.2) is 9.59 Å². The van der Waals surface area contributed by atoms with Crippen LogP contribution in [0.4, 0.5) is 11.4 Å². The quantitative estimate of drug-likeness (QED) is 0.369. The lowest BCUT2D eigenvalue weighted by Crippen LogP contribution is -2.34.